The lowest BCUT2D eigenvalue weighted by atomic mass is 10.2. The van der Waals surface area contributed by atoms with E-state index in [1.54, 1.807) is 20.4 Å². The van der Waals surface area contributed by atoms with Crippen LogP contribution in [0.2, 0.25) is 0 Å². The maximum Gasteiger partial charge on any atom is 0.0866 e. The van der Waals surface area contributed by atoms with Crippen LogP contribution in [-0.2, 0) is 22.7 Å². The van der Waals surface area contributed by atoms with E-state index in [2.05, 4.69) is 9.97 Å². The van der Waals surface area contributed by atoms with Crippen LogP contribution in [0, 0.1) is 0 Å². The van der Waals surface area contributed by atoms with E-state index in [1.807, 2.05) is 12.3 Å². The summed E-state index contributed by atoms with van der Waals surface area (Å²) in [4.78, 5) is 7.42. The zero-order valence-corrected chi connectivity index (χ0v) is 8.91. The minimum absolute atomic E-state index is 0.563. The number of ether oxygens (including phenoxy) is 2. The molecule has 0 spiro atoms. The lowest BCUT2D eigenvalue weighted by Gasteiger charge is -2.01. The Morgan fingerprint density at radius 3 is 2.80 bits per heavy atom. The number of H-pyrrole nitrogens is 1. The van der Waals surface area contributed by atoms with Crippen molar-refractivity contribution < 1.29 is 9.47 Å². The van der Waals surface area contributed by atoms with Gasteiger partial charge in [0.2, 0.25) is 0 Å². The van der Waals surface area contributed by atoms with Crippen molar-refractivity contribution in [3.8, 4) is 0 Å². The van der Waals surface area contributed by atoms with Gasteiger partial charge in [0.1, 0.15) is 0 Å². The Balaban J connectivity index is 2.53. The lowest BCUT2D eigenvalue weighted by Crippen LogP contribution is -1.95. The molecule has 0 saturated carbocycles. The van der Waals surface area contributed by atoms with Crippen molar-refractivity contribution in [2.45, 2.75) is 13.2 Å². The lowest BCUT2D eigenvalue weighted by molar-refractivity contribution is 0.167. The standard InChI is InChI=1S/C11H14N2O2/c1-14-6-9-8-5-12-4-3-10(8)13-11(9)7-15-2/h3-5,13H,6-7H2,1-2H3. The van der Waals surface area contributed by atoms with Crippen molar-refractivity contribution in [2.24, 2.45) is 0 Å². The smallest absolute Gasteiger partial charge is 0.0866 e. The second-order valence-electron chi connectivity index (χ2n) is 3.37. The molecule has 0 aromatic carbocycles. The average molecular weight is 206 g/mol. The van der Waals surface area contributed by atoms with Gasteiger partial charge in [-0.25, -0.2) is 0 Å². The largest absolute Gasteiger partial charge is 0.380 e. The molecule has 0 aliphatic rings. The van der Waals surface area contributed by atoms with Crippen molar-refractivity contribution in [3.05, 3.63) is 29.7 Å². The van der Waals surface area contributed by atoms with Gasteiger partial charge < -0.3 is 14.5 Å². The maximum atomic E-state index is 5.18. The molecule has 1 N–H and O–H groups in total. The van der Waals surface area contributed by atoms with Crippen molar-refractivity contribution >= 4 is 10.9 Å². The number of hydrogen-bond acceptors (Lipinski definition) is 3. The summed E-state index contributed by atoms with van der Waals surface area (Å²) >= 11 is 0. The van der Waals surface area contributed by atoms with E-state index in [4.69, 9.17) is 9.47 Å². The van der Waals surface area contributed by atoms with E-state index in [9.17, 15) is 0 Å². The van der Waals surface area contributed by atoms with Crippen LogP contribution in [0.1, 0.15) is 11.3 Å². The molecule has 0 saturated heterocycles. The Kier molecular flexibility index (Phi) is 2.99. The van der Waals surface area contributed by atoms with Gasteiger partial charge in [0.15, 0.2) is 0 Å². The van der Waals surface area contributed by atoms with Crippen molar-refractivity contribution in [1.29, 1.82) is 0 Å². The number of fused-ring (bicyclic) bond motifs is 1. The zero-order chi connectivity index (χ0) is 10.7. The average Bonchev–Trinajstić information content (AvgIpc) is 2.59. The van der Waals surface area contributed by atoms with Crippen molar-refractivity contribution in [2.75, 3.05) is 14.2 Å². The molecule has 0 radical (unpaired) electrons. The summed E-state index contributed by atoms with van der Waals surface area (Å²) in [5.74, 6) is 0. The van der Waals surface area contributed by atoms with Crippen LogP contribution in [0.3, 0.4) is 0 Å². The van der Waals surface area contributed by atoms with Crippen LogP contribution in [0.5, 0.6) is 0 Å². The SMILES string of the molecule is COCc1[nH]c2ccncc2c1COC. The van der Waals surface area contributed by atoms with E-state index in [0.29, 0.717) is 13.2 Å². The summed E-state index contributed by atoms with van der Waals surface area (Å²) in [5.41, 5.74) is 3.26. The fourth-order valence-corrected chi connectivity index (χ4v) is 1.72. The highest BCUT2D eigenvalue weighted by Gasteiger charge is 2.10. The van der Waals surface area contributed by atoms with E-state index < -0.39 is 0 Å². The van der Waals surface area contributed by atoms with Gasteiger partial charge in [-0.05, 0) is 6.07 Å². The maximum absolute atomic E-state index is 5.18. The number of rotatable bonds is 4. The van der Waals surface area contributed by atoms with Crippen molar-refractivity contribution in [3.63, 3.8) is 0 Å². The highest BCUT2D eigenvalue weighted by atomic mass is 16.5. The fourth-order valence-electron chi connectivity index (χ4n) is 1.72. The van der Waals surface area contributed by atoms with Crippen LogP contribution >= 0.6 is 0 Å². The predicted molar refractivity (Wildman–Crippen MR) is 57.5 cm³/mol. The Bertz CT molecular complexity index is 451. The third-order valence-electron chi connectivity index (χ3n) is 2.37. The second kappa shape index (κ2) is 4.42. The zero-order valence-electron chi connectivity index (χ0n) is 8.91. The molecular weight excluding hydrogens is 192 g/mol. The van der Waals surface area contributed by atoms with Crippen LogP contribution in [-0.4, -0.2) is 24.2 Å². The Labute approximate surface area is 88.2 Å². The number of hydrogen-bond donors (Lipinski definition) is 1. The summed E-state index contributed by atoms with van der Waals surface area (Å²) in [7, 11) is 3.37. The molecule has 0 fully saturated rings. The summed E-state index contributed by atoms with van der Waals surface area (Å²) < 4.78 is 10.3. The van der Waals surface area contributed by atoms with Crippen LogP contribution in [0.15, 0.2) is 18.5 Å². The predicted octanol–water partition coefficient (Wildman–Crippen LogP) is 1.86. The van der Waals surface area contributed by atoms with Crippen LogP contribution in [0.25, 0.3) is 10.9 Å². The molecule has 4 heteroatoms. The first-order valence-corrected chi connectivity index (χ1v) is 4.78. The van der Waals surface area contributed by atoms with Gasteiger partial charge in [0, 0.05) is 48.8 Å². The molecule has 0 bridgehead atoms. The monoisotopic (exact) mass is 206 g/mol. The molecule has 2 aromatic heterocycles. The van der Waals surface area contributed by atoms with Gasteiger partial charge in [-0.3, -0.25) is 4.98 Å². The molecule has 2 aromatic rings. The van der Waals surface area contributed by atoms with E-state index >= 15 is 0 Å². The molecule has 0 atom stereocenters. The number of methoxy groups -OCH3 is 2. The van der Waals surface area contributed by atoms with Crippen LogP contribution in [0.4, 0.5) is 0 Å². The Morgan fingerprint density at radius 2 is 2.07 bits per heavy atom. The number of pyridine rings is 1. The molecule has 0 unspecified atom stereocenters. The van der Waals surface area contributed by atoms with Crippen molar-refractivity contribution in [1.82, 2.24) is 9.97 Å². The number of nitrogens with one attached hydrogen (secondary N) is 1. The van der Waals surface area contributed by atoms with Gasteiger partial charge in [-0.2, -0.15) is 0 Å². The molecule has 0 aliphatic carbocycles. The summed E-state index contributed by atoms with van der Waals surface area (Å²) in [6.07, 6.45) is 3.62. The topological polar surface area (TPSA) is 47.1 Å². The Hall–Kier alpha value is -1.39. The minimum atomic E-state index is 0.563. The minimum Gasteiger partial charge on any atom is -0.380 e. The van der Waals surface area contributed by atoms with E-state index in [-0.39, 0.29) is 0 Å². The number of aromatic nitrogens is 2. The Morgan fingerprint density at radius 1 is 1.27 bits per heavy atom. The first-order valence-electron chi connectivity index (χ1n) is 4.78. The molecule has 0 aliphatic heterocycles. The number of nitrogens with zero attached hydrogens (tertiary/aromatic N) is 1. The van der Waals surface area contributed by atoms with Gasteiger partial charge >= 0.3 is 0 Å². The fraction of sp³-hybridized carbons (Fsp3) is 0.364. The highest BCUT2D eigenvalue weighted by molar-refractivity contribution is 5.83. The third-order valence-corrected chi connectivity index (χ3v) is 2.37. The molecule has 2 rings (SSSR count). The molecule has 4 nitrogen and oxygen atoms in total. The number of aromatic amines is 1. The summed E-state index contributed by atoms with van der Waals surface area (Å²) in [6.45, 7) is 1.14. The van der Waals surface area contributed by atoms with Gasteiger partial charge in [-0.1, -0.05) is 0 Å². The van der Waals surface area contributed by atoms with Gasteiger partial charge in [-0.15, -0.1) is 0 Å². The second-order valence-corrected chi connectivity index (χ2v) is 3.37. The highest BCUT2D eigenvalue weighted by Crippen LogP contribution is 2.22. The van der Waals surface area contributed by atoms with E-state index in [0.717, 1.165) is 22.2 Å². The van der Waals surface area contributed by atoms with Crippen LogP contribution < -0.4 is 0 Å². The first-order chi connectivity index (χ1) is 7.36. The quantitative estimate of drug-likeness (QED) is 0.830. The molecule has 0 amide bonds. The van der Waals surface area contributed by atoms with E-state index in [1.165, 1.54) is 0 Å². The molecule has 15 heavy (non-hydrogen) atoms. The molecule has 80 valence electrons. The first kappa shape index (κ1) is 10.1. The molecule has 2 heterocycles. The third kappa shape index (κ3) is 1.86. The summed E-state index contributed by atoms with van der Waals surface area (Å²) in [5, 5.41) is 1.10. The summed E-state index contributed by atoms with van der Waals surface area (Å²) in [6, 6.07) is 1.95. The van der Waals surface area contributed by atoms with Gasteiger partial charge in [0.05, 0.1) is 13.2 Å². The normalized spacial score (nSPS) is 11.1. The van der Waals surface area contributed by atoms with Gasteiger partial charge in [0.25, 0.3) is 0 Å². The molecular formula is C11H14N2O2.